The molecule has 0 saturated heterocycles. The maximum absolute atomic E-state index is 11.9. The second kappa shape index (κ2) is 5.60. The molecule has 86 valence electrons. The molecule has 0 aromatic carbocycles. The van der Waals surface area contributed by atoms with Crippen LogP contribution in [0.15, 0.2) is 22.9 Å². The first kappa shape index (κ1) is 12.6. The zero-order valence-electron chi connectivity index (χ0n) is 8.81. The van der Waals surface area contributed by atoms with E-state index >= 15 is 0 Å². The van der Waals surface area contributed by atoms with Crippen molar-refractivity contribution in [3.8, 4) is 0 Å². The van der Waals surface area contributed by atoms with Gasteiger partial charge in [-0.3, -0.25) is 9.59 Å². The molecule has 5 nitrogen and oxygen atoms in total. The van der Waals surface area contributed by atoms with Crippen molar-refractivity contribution < 1.29 is 9.59 Å². The Kier molecular flexibility index (Phi) is 4.42. The minimum atomic E-state index is -0.528. The van der Waals surface area contributed by atoms with Crippen molar-refractivity contribution in [3.05, 3.63) is 28.5 Å². The number of carbonyl (C=O) groups excluding carboxylic acids is 2. The maximum atomic E-state index is 11.9. The summed E-state index contributed by atoms with van der Waals surface area (Å²) < 4.78 is 0.655. The molecule has 2 amide bonds. The lowest BCUT2D eigenvalue weighted by molar-refractivity contribution is -0.118. The van der Waals surface area contributed by atoms with E-state index in [0.29, 0.717) is 16.7 Å². The van der Waals surface area contributed by atoms with Crippen molar-refractivity contribution in [1.82, 2.24) is 9.88 Å². The largest absolute Gasteiger partial charge is 0.368 e. The average Bonchev–Trinajstić information content (AvgIpc) is 2.25. The number of likely N-dealkylation sites (N-methyl/N-ethyl adjacent to an activating group) is 1. The highest BCUT2D eigenvalue weighted by Crippen LogP contribution is 2.08. The Morgan fingerprint density at radius 3 is 2.62 bits per heavy atom. The molecule has 0 spiro atoms. The summed E-state index contributed by atoms with van der Waals surface area (Å²) in [7, 11) is 0. The topological polar surface area (TPSA) is 76.3 Å². The Morgan fingerprint density at radius 2 is 2.19 bits per heavy atom. The van der Waals surface area contributed by atoms with Crippen LogP contribution in [0.25, 0.3) is 0 Å². The molecule has 0 unspecified atom stereocenters. The molecule has 0 saturated carbocycles. The smallest absolute Gasteiger partial charge is 0.255 e. The van der Waals surface area contributed by atoms with Crippen molar-refractivity contribution >= 4 is 27.7 Å². The molecule has 0 aliphatic carbocycles. The van der Waals surface area contributed by atoms with E-state index in [2.05, 4.69) is 20.9 Å². The molecule has 0 atom stereocenters. The van der Waals surface area contributed by atoms with Crippen LogP contribution < -0.4 is 5.73 Å². The van der Waals surface area contributed by atoms with Gasteiger partial charge in [-0.25, -0.2) is 4.98 Å². The third-order valence-corrected chi connectivity index (χ3v) is 2.46. The Bertz CT molecular complexity index is 392. The summed E-state index contributed by atoms with van der Waals surface area (Å²) in [6, 6.07) is 3.31. The molecule has 0 fully saturated rings. The normalized spacial score (nSPS) is 9.88. The van der Waals surface area contributed by atoms with E-state index < -0.39 is 5.91 Å². The molecule has 16 heavy (non-hydrogen) atoms. The second-order valence-electron chi connectivity index (χ2n) is 3.16. The number of pyridine rings is 1. The van der Waals surface area contributed by atoms with E-state index in [-0.39, 0.29) is 12.5 Å². The van der Waals surface area contributed by atoms with E-state index in [9.17, 15) is 9.59 Å². The summed E-state index contributed by atoms with van der Waals surface area (Å²) in [4.78, 5) is 28.0. The van der Waals surface area contributed by atoms with Crippen LogP contribution in [-0.2, 0) is 4.79 Å². The van der Waals surface area contributed by atoms with Crippen LogP contribution in [0.4, 0.5) is 0 Å². The number of nitrogens with zero attached hydrogens (tertiary/aromatic N) is 2. The van der Waals surface area contributed by atoms with Crippen LogP contribution in [0.5, 0.6) is 0 Å². The molecule has 0 aliphatic heterocycles. The molecule has 6 heteroatoms. The monoisotopic (exact) mass is 285 g/mol. The molecule has 2 N–H and O–H groups in total. The van der Waals surface area contributed by atoms with Gasteiger partial charge in [0.2, 0.25) is 5.91 Å². The highest BCUT2D eigenvalue weighted by Gasteiger charge is 2.15. The van der Waals surface area contributed by atoms with Gasteiger partial charge < -0.3 is 10.6 Å². The second-order valence-corrected chi connectivity index (χ2v) is 3.97. The van der Waals surface area contributed by atoms with Crippen LogP contribution >= 0.6 is 15.9 Å². The SMILES string of the molecule is CCN(CC(N)=O)C(=O)c1ccc(Br)nc1. The Balaban J connectivity index is 2.82. The van der Waals surface area contributed by atoms with Gasteiger partial charge in [-0.15, -0.1) is 0 Å². The number of rotatable bonds is 4. The summed E-state index contributed by atoms with van der Waals surface area (Å²) in [5.41, 5.74) is 5.49. The minimum absolute atomic E-state index is 0.0780. The summed E-state index contributed by atoms with van der Waals surface area (Å²) in [5.74, 6) is -0.776. The van der Waals surface area contributed by atoms with Gasteiger partial charge in [0, 0.05) is 12.7 Å². The number of hydrogen-bond acceptors (Lipinski definition) is 3. The van der Waals surface area contributed by atoms with Crippen molar-refractivity contribution in [2.75, 3.05) is 13.1 Å². The fourth-order valence-corrected chi connectivity index (χ4v) is 1.43. The molecule has 0 bridgehead atoms. The zero-order valence-corrected chi connectivity index (χ0v) is 10.4. The minimum Gasteiger partial charge on any atom is -0.368 e. The van der Waals surface area contributed by atoms with E-state index in [1.54, 1.807) is 19.1 Å². The molecule has 1 rings (SSSR count). The highest BCUT2D eigenvalue weighted by molar-refractivity contribution is 9.10. The fraction of sp³-hybridized carbons (Fsp3) is 0.300. The summed E-state index contributed by atoms with van der Waals surface area (Å²) >= 11 is 3.18. The van der Waals surface area contributed by atoms with Crippen LogP contribution in [0.3, 0.4) is 0 Å². The molecule has 1 heterocycles. The van der Waals surface area contributed by atoms with Gasteiger partial charge in [0.05, 0.1) is 12.1 Å². The van der Waals surface area contributed by atoms with Crippen molar-refractivity contribution in [2.45, 2.75) is 6.92 Å². The number of amides is 2. The number of halogens is 1. The fourth-order valence-electron chi connectivity index (χ4n) is 1.20. The molecular formula is C10H12BrN3O2. The van der Waals surface area contributed by atoms with E-state index in [1.807, 2.05) is 0 Å². The van der Waals surface area contributed by atoms with Crippen molar-refractivity contribution in [1.29, 1.82) is 0 Å². The molecule has 1 aromatic heterocycles. The van der Waals surface area contributed by atoms with Gasteiger partial charge in [-0.1, -0.05) is 0 Å². The summed E-state index contributed by atoms with van der Waals surface area (Å²) in [5, 5.41) is 0. The summed E-state index contributed by atoms with van der Waals surface area (Å²) in [6.07, 6.45) is 1.45. The first-order valence-electron chi connectivity index (χ1n) is 4.73. The number of nitrogens with two attached hydrogens (primary N) is 1. The van der Waals surface area contributed by atoms with Gasteiger partial charge in [0.25, 0.3) is 5.91 Å². The molecule has 0 radical (unpaired) electrons. The van der Waals surface area contributed by atoms with Crippen molar-refractivity contribution in [3.63, 3.8) is 0 Å². The zero-order chi connectivity index (χ0) is 12.1. The van der Waals surface area contributed by atoms with Gasteiger partial charge in [-0.2, -0.15) is 0 Å². The van der Waals surface area contributed by atoms with Crippen LogP contribution in [0.2, 0.25) is 0 Å². The highest BCUT2D eigenvalue weighted by atomic mass is 79.9. The van der Waals surface area contributed by atoms with Crippen LogP contribution in [-0.4, -0.2) is 34.8 Å². The number of carbonyl (C=O) groups is 2. The molecular weight excluding hydrogens is 274 g/mol. The van der Waals surface area contributed by atoms with Gasteiger partial charge >= 0.3 is 0 Å². The number of hydrogen-bond donors (Lipinski definition) is 1. The van der Waals surface area contributed by atoms with Crippen LogP contribution in [0, 0.1) is 0 Å². The predicted octanol–water partition coefficient (Wildman–Crippen LogP) is 0.791. The van der Waals surface area contributed by atoms with Crippen molar-refractivity contribution in [2.24, 2.45) is 5.73 Å². The first-order valence-corrected chi connectivity index (χ1v) is 5.53. The Morgan fingerprint density at radius 1 is 1.50 bits per heavy atom. The third kappa shape index (κ3) is 3.30. The van der Waals surface area contributed by atoms with Gasteiger partial charge in [-0.05, 0) is 35.0 Å². The lowest BCUT2D eigenvalue weighted by Gasteiger charge is -2.18. The Labute approximate surface area is 102 Å². The lowest BCUT2D eigenvalue weighted by Crippen LogP contribution is -2.38. The molecule has 1 aromatic rings. The summed E-state index contributed by atoms with van der Waals surface area (Å²) in [6.45, 7) is 2.14. The quantitative estimate of drug-likeness (QED) is 0.831. The van der Waals surface area contributed by atoms with E-state index in [0.717, 1.165) is 0 Å². The first-order chi connectivity index (χ1) is 7.54. The standard InChI is InChI=1S/C10H12BrN3O2/c1-2-14(6-9(12)15)10(16)7-3-4-8(11)13-5-7/h3-5H,2,6H2,1H3,(H2,12,15). The van der Waals surface area contributed by atoms with Crippen LogP contribution in [0.1, 0.15) is 17.3 Å². The van der Waals surface area contributed by atoms with E-state index in [1.165, 1.54) is 11.1 Å². The maximum Gasteiger partial charge on any atom is 0.255 e. The van der Waals surface area contributed by atoms with Gasteiger partial charge in [0.1, 0.15) is 4.60 Å². The third-order valence-electron chi connectivity index (χ3n) is 1.99. The van der Waals surface area contributed by atoms with Gasteiger partial charge in [0.15, 0.2) is 0 Å². The lowest BCUT2D eigenvalue weighted by atomic mass is 10.2. The average molecular weight is 286 g/mol. The molecule has 0 aliphatic rings. The van der Waals surface area contributed by atoms with E-state index in [4.69, 9.17) is 5.73 Å². The Hall–Kier alpha value is -1.43. The number of primary amides is 1. The predicted molar refractivity (Wildman–Crippen MR) is 62.7 cm³/mol. The number of aromatic nitrogens is 1.